The minimum atomic E-state index is -1.51. The van der Waals surface area contributed by atoms with Crippen molar-refractivity contribution in [2.75, 3.05) is 13.2 Å². The van der Waals surface area contributed by atoms with Gasteiger partial charge in [0.25, 0.3) is 5.56 Å². The first-order chi connectivity index (χ1) is 12.7. The molecule has 5 atom stereocenters. The Morgan fingerprint density at radius 1 is 1.37 bits per heavy atom. The molecule has 4 rings (SSSR count). The number of aliphatic hydroxyl groups excluding tert-OH is 2. The second kappa shape index (κ2) is 6.24. The van der Waals surface area contributed by atoms with Crippen LogP contribution in [0.4, 0.5) is 0 Å². The van der Waals surface area contributed by atoms with E-state index in [2.05, 4.69) is 4.98 Å². The van der Waals surface area contributed by atoms with Crippen molar-refractivity contribution in [1.82, 2.24) is 18.7 Å². The van der Waals surface area contributed by atoms with E-state index in [1.54, 1.807) is 7.05 Å². The van der Waals surface area contributed by atoms with Gasteiger partial charge >= 0.3 is 5.69 Å². The quantitative estimate of drug-likeness (QED) is 0.511. The maximum absolute atomic E-state index is 12.7. The van der Waals surface area contributed by atoms with Gasteiger partial charge in [-0.25, -0.2) is 9.78 Å². The van der Waals surface area contributed by atoms with Crippen LogP contribution in [0.5, 0.6) is 0 Å². The smallest absolute Gasteiger partial charge is 0.332 e. The molecule has 0 spiro atoms. The molecule has 3 N–H and O–H groups in total. The number of fused-ring (bicyclic) bond motifs is 2. The molecule has 0 bridgehead atoms. The van der Waals surface area contributed by atoms with E-state index in [9.17, 15) is 24.9 Å². The zero-order valence-corrected chi connectivity index (χ0v) is 15.0. The first-order valence-corrected chi connectivity index (χ1v) is 8.65. The van der Waals surface area contributed by atoms with Gasteiger partial charge in [0.05, 0.1) is 32.2 Å². The SMILES string of the molecule is Cn1cnc2c1c(=O)n(CC(O)C[C@]1(O)CO[C@@H]3[C@H](O)CO[C@@H]31)c(=O)n2C. The third-order valence-corrected chi connectivity index (χ3v) is 5.36. The van der Waals surface area contributed by atoms with Gasteiger partial charge in [0.15, 0.2) is 11.2 Å². The van der Waals surface area contributed by atoms with E-state index in [0.717, 1.165) is 4.57 Å². The highest BCUT2D eigenvalue weighted by Gasteiger charge is 2.56. The monoisotopic (exact) mass is 382 g/mol. The van der Waals surface area contributed by atoms with Crippen molar-refractivity contribution in [3.63, 3.8) is 0 Å². The zero-order chi connectivity index (χ0) is 19.5. The van der Waals surface area contributed by atoms with Gasteiger partial charge in [0.1, 0.15) is 23.9 Å². The van der Waals surface area contributed by atoms with Crippen LogP contribution < -0.4 is 11.2 Å². The second-order valence-corrected chi connectivity index (χ2v) is 7.34. The summed E-state index contributed by atoms with van der Waals surface area (Å²) in [6.07, 6.45) is -2.17. The van der Waals surface area contributed by atoms with Crippen LogP contribution in [-0.2, 0) is 30.1 Å². The highest BCUT2D eigenvalue weighted by atomic mass is 16.6. The number of nitrogens with zero attached hydrogens (tertiary/aromatic N) is 4. The lowest BCUT2D eigenvalue weighted by atomic mass is 9.90. The van der Waals surface area contributed by atoms with E-state index in [0.29, 0.717) is 0 Å². The van der Waals surface area contributed by atoms with Gasteiger partial charge in [-0.05, 0) is 0 Å². The van der Waals surface area contributed by atoms with Gasteiger partial charge in [-0.1, -0.05) is 0 Å². The average molecular weight is 382 g/mol. The Balaban J connectivity index is 1.61. The topological polar surface area (TPSA) is 141 Å². The number of ether oxygens (including phenoxy) is 2. The first kappa shape index (κ1) is 18.3. The first-order valence-electron chi connectivity index (χ1n) is 8.65. The molecule has 11 heteroatoms. The minimum absolute atomic E-state index is 0.0465. The summed E-state index contributed by atoms with van der Waals surface area (Å²) < 4.78 is 14.5. The summed E-state index contributed by atoms with van der Waals surface area (Å²) in [6.45, 7) is -0.357. The molecule has 0 amide bonds. The fourth-order valence-corrected chi connectivity index (χ4v) is 3.99. The molecule has 0 radical (unpaired) electrons. The number of hydrogen-bond acceptors (Lipinski definition) is 8. The van der Waals surface area contributed by atoms with Crippen LogP contribution in [0, 0.1) is 0 Å². The number of hydrogen-bond donors (Lipinski definition) is 3. The minimum Gasteiger partial charge on any atom is -0.391 e. The Kier molecular flexibility index (Phi) is 4.24. The molecule has 2 aliphatic heterocycles. The highest BCUT2D eigenvalue weighted by molar-refractivity contribution is 5.69. The lowest BCUT2D eigenvalue weighted by Gasteiger charge is -2.29. The molecule has 4 heterocycles. The normalized spacial score (nSPS) is 31.5. The summed E-state index contributed by atoms with van der Waals surface area (Å²) >= 11 is 0. The Morgan fingerprint density at radius 2 is 2.11 bits per heavy atom. The molecule has 2 aromatic rings. The van der Waals surface area contributed by atoms with Gasteiger partial charge in [0, 0.05) is 20.5 Å². The van der Waals surface area contributed by atoms with Gasteiger partial charge in [0.2, 0.25) is 0 Å². The summed E-state index contributed by atoms with van der Waals surface area (Å²) in [7, 11) is 3.14. The van der Waals surface area contributed by atoms with Crippen molar-refractivity contribution < 1.29 is 24.8 Å². The Morgan fingerprint density at radius 3 is 2.85 bits per heavy atom. The van der Waals surface area contributed by atoms with Gasteiger partial charge in [-0.2, -0.15) is 0 Å². The molecule has 0 aromatic carbocycles. The van der Waals surface area contributed by atoms with E-state index >= 15 is 0 Å². The van der Waals surface area contributed by atoms with Crippen LogP contribution in [-0.4, -0.2) is 77.2 Å². The number of aliphatic hydroxyl groups is 3. The molecule has 2 fully saturated rings. The van der Waals surface area contributed by atoms with E-state index in [1.807, 2.05) is 0 Å². The Hall–Kier alpha value is -2.05. The molecular formula is C16H22N4O7. The molecular weight excluding hydrogens is 360 g/mol. The fourth-order valence-electron chi connectivity index (χ4n) is 3.99. The van der Waals surface area contributed by atoms with Crippen molar-refractivity contribution in [3.05, 3.63) is 27.2 Å². The molecule has 11 nitrogen and oxygen atoms in total. The van der Waals surface area contributed by atoms with Crippen molar-refractivity contribution in [2.24, 2.45) is 14.1 Å². The Bertz CT molecular complexity index is 995. The molecule has 0 aliphatic carbocycles. The van der Waals surface area contributed by atoms with Crippen molar-refractivity contribution >= 4 is 11.2 Å². The molecule has 2 aliphatic rings. The number of aromatic nitrogens is 4. The van der Waals surface area contributed by atoms with Gasteiger partial charge in [-0.15, -0.1) is 0 Å². The fraction of sp³-hybridized carbons (Fsp3) is 0.688. The third kappa shape index (κ3) is 2.74. The van der Waals surface area contributed by atoms with Crippen LogP contribution >= 0.6 is 0 Å². The largest absolute Gasteiger partial charge is 0.391 e. The highest BCUT2D eigenvalue weighted by Crippen LogP contribution is 2.37. The maximum atomic E-state index is 12.7. The average Bonchev–Trinajstić information content (AvgIpc) is 3.27. The summed E-state index contributed by atoms with van der Waals surface area (Å²) in [5.41, 5.74) is -2.17. The zero-order valence-electron chi connectivity index (χ0n) is 15.0. The maximum Gasteiger partial charge on any atom is 0.332 e. The van der Waals surface area contributed by atoms with Gasteiger partial charge < -0.3 is 29.4 Å². The molecule has 2 aromatic heterocycles. The second-order valence-electron chi connectivity index (χ2n) is 7.34. The molecule has 2 saturated heterocycles. The van der Waals surface area contributed by atoms with Crippen LogP contribution in [0.1, 0.15) is 6.42 Å². The van der Waals surface area contributed by atoms with Crippen molar-refractivity contribution in [1.29, 1.82) is 0 Å². The predicted molar refractivity (Wildman–Crippen MR) is 91.3 cm³/mol. The molecule has 1 unspecified atom stereocenters. The van der Waals surface area contributed by atoms with E-state index < -0.39 is 41.3 Å². The van der Waals surface area contributed by atoms with Crippen LogP contribution in [0.25, 0.3) is 11.2 Å². The summed E-state index contributed by atoms with van der Waals surface area (Å²) in [6, 6.07) is 0. The predicted octanol–water partition coefficient (Wildman–Crippen LogP) is -2.93. The number of aryl methyl sites for hydroxylation is 2. The lowest BCUT2D eigenvalue weighted by Crippen LogP contribution is -2.48. The summed E-state index contributed by atoms with van der Waals surface area (Å²) in [5.74, 6) is 0. The van der Waals surface area contributed by atoms with Crippen LogP contribution in [0.15, 0.2) is 15.9 Å². The summed E-state index contributed by atoms with van der Waals surface area (Å²) in [4.78, 5) is 29.3. The van der Waals surface area contributed by atoms with Crippen molar-refractivity contribution in [2.45, 2.75) is 43.0 Å². The van der Waals surface area contributed by atoms with E-state index in [-0.39, 0.29) is 37.3 Å². The van der Waals surface area contributed by atoms with Gasteiger partial charge in [-0.3, -0.25) is 13.9 Å². The summed E-state index contributed by atoms with van der Waals surface area (Å²) in [5, 5.41) is 31.1. The number of rotatable bonds is 4. The van der Waals surface area contributed by atoms with Crippen LogP contribution in [0.3, 0.4) is 0 Å². The molecule has 27 heavy (non-hydrogen) atoms. The van der Waals surface area contributed by atoms with E-state index in [4.69, 9.17) is 9.47 Å². The molecule has 0 saturated carbocycles. The van der Waals surface area contributed by atoms with Crippen molar-refractivity contribution in [3.8, 4) is 0 Å². The van der Waals surface area contributed by atoms with Crippen LogP contribution in [0.2, 0.25) is 0 Å². The third-order valence-electron chi connectivity index (χ3n) is 5.36. The lowest BCUT2D eigenvalue weighted by molar-refractivity contribution is -0.0935. The van der Waals surface area contributed by atoms with E-state index in [1.165, 1.54) is 22.5 Å². The molecule has 148 valence electrons. The number of imidazole rings is 1. The standard InChI is InChI=1S/C16H22N4O7/c1-18-7-17-13-10(18)14(23)20(15(24)19(13)2)4-8(21)3-16(25)6-27-11-9(22)5-26-12(11)16/h7-9,11-12,21-22,25H,3-6H2,1-2H3/t8?,9-,11-,12+,16+/m1/s1. The Labute approximate surface area is 153 Å².